The summed E-state index contributed by atoms with van der Waals surface area (Å²) in [6.07, 6.45) is 3.17. The number of nitrogen functional groups attached to an aromatic ring is 1. The lowest BCUT2D eigenvalue weighted by Crippen LogP contribution is -2.05. The number of methoxy groups -OCH3 is 1. The molecule has 0 aliphatic carbocycles. The van der Waals surface area contributed by atoms with Crippen molar-refractivity contribution in [2.45, 2.75) is 0 Å². The zero-order valence-corrected chi connectivity index (χ0v) is 11.9. The number of pyridine rings is 1. The van der Waals surface area contributed by atoms with E-state index in [0.29, 0.717) is 38.6 Å². The summed E-state index contributed by atoms with van der Waals surface area (Å²) in [4.78, 5) is 19.8. The Hall–Kier alpha value is -2.53. The average molecular weight is 302 g/mol. The summed E-state index contributed by atoms with van der Waals surface area (Å²) in [5.41, 5.74) is 7.65. The fraction of sp³-hybridized carbons (Fsp3) is 0.0667. The van der Waals surface area contributed by atoms with Gasteiger partial charge in [0, 0.05) is 29.0 Å². The van der Waals surface area contributed by atoms with Crippen molar-refractivity contribution in [2.24, 2.45) is 0 Å². The van der Waals surface area contributed by atoms with E-state index in [1.165, 1.54) is 7.11 Å². The van der Waals surface area contributed by atoms with E-state index in [-0.39, 0.29) is 5.78 Å². The molecular weight excluding hydrogens is 290 g/mol. The lowest BCUT2D eigenvalue weighted by atomic mass is 10.0. The van der Waals surface area contributed by atoms with Crippen LogP contribution in [-0.4, -0.2) is 22.9 Å². The molecule has 3 rings (SSSR count). The molecule has 21 heavy (non-hydrogen) atoms. The fourth-order valence-electron chi connectivity index (χ4n) is 2.20. The van der Waals surface area contributed by atoms with Gasteiger partial charge in [0.15, 0.2) is 5.78 Å². The van der Waals surface area contributed by atoms with Crippen molar-refractivity contribution < 1.29 is 9.53 Å². The third-order valence-electron chi connectivity index (χ3n) is 3.27. The van der Waals surface area contributed by atoms with E-state index in [0.717, 1.165) is 0 Å². The number of carbonyl (C=O) groups is 1. The molecular formula is C15H12ClN3O2. The number of fused-ring (bicyclic) bond motifs is 1. The third kappa shape index (κ3) is 2.21. The van der Waals surface area contributed by atoms with Crippen LogP contribution in [0.4, 0.5) is 5.69 Å². The van der Waals surface area contributed by atoms with Gasteiger partial charge in [-0.1, -0.05) is 11.6 Å². The minimum Gasteiger partial charge on any atom is -0.497 e. The number of benzene rings is 1. The van der Waals surface area contributed by atoms with Crippen molar-refractivity contribution in [1.29, 1.82) is 0 Å². The van der Waals surface area contributed by atoms with Gasteiger partial charge in [-0.2, -0.15) is 0 Å². The Bertz CT molecular complexity index is 842. The number of carbonyl (C=O) groups excluding carboxylic acids is 1. The smallest absolute Gasteiger partial charge is 0.197 e. The zero-order valence-electron chi connectivity index (χ0n) is 11.2. The van der Waals surface area contributed by atoms with Crippen LogP contribution < -0.4 is 10.5 Å². The van der Waals surface area contributed by atoms with E-state index in [1.807, 2.05) is 0 Å². The molecule has 0 fully saturated rings. The van der Waals surface area contributed by atoms with Gasteiger partial charge in [0.1, 0.15) is 11.4 Å². The molecule has 106 valence electrons. The van der Waals surface area contributed by atoms with E-state index in [9.17, 15) is 4.79 Å². The second-order valence-electron chi connectivity index (χ2n) is 4.50. The molecule has 0 aliphatic heterocycles. The number of halogens is 1. The Balaban J connectivity index is 2.17. The van der Waals surface area contributed by atoms with Crippen LogP contribution in [0.25, 0.3) is 11.0 Å². The van der Waals surface area contributed by atoms with E-state index < -0.39 is 0 Å². The molecule has 5 nitrogen and oxygen atoms in total. The predicted molar refractivity (Wildman–Crippen MR) is 81.9 cm³/mol. The minimum absolute atomic E-state index is 0.229. The van der Waals surface area contributed by atoms with Crippen molar-refractivity contribution in [2.75, 3.05) is 12.8 Å². The summed E-state index contributed by atoms with van der Waals surface area (Å²) in [6, 6.07) is 6.60. The molecule has 0 bridgehead atoms. The Morgan fingerprint density at radius 1 is 1.33 bits per heavy atom. The van der Waals surface area contributed by atoms with Gasteiger partial charge in [-0.05, 0) is 24.3 Å². The monoisotopic (exact) mass is 301 g/mol. The summed E-state index contributed by atoms with van der Waals surface area (Å²) in [7, 11) is 1.53. The van der Waals surface area contributed by atoms with Crippen LogP contribution in [0.5, 0.6) is 5.75 Å². The van der Waals surface area contributed by atoms with Crippen molar-refractivity contribution in [3.63, 3.8) is 0 Å². The summed E-state index contributed by atoms with van der Waals surface area (Å²) >= 11 is 6.17. The number of aromatic nitrogens is 2. The highest BCUT2D eigenvalue weighted by atomic mass is 35.5. The summed E-state index contributed by atoms with van der Waals surface area (Å²) in [5, 5.41) is 1.05. The summed E-state index contributed by atoms with van der Waals surface area (Å²) < 4.78 is 5.13. The Morgan fingerprint density at radius 3 is 2.90 bits per heavy atom. The number of nitrogens with two attached hydrogens (primary N) is 1. The molecule has 0 radical (unpaired) electrons. The number of ketones is 1. The number of nitrogens with zero attached hydrogens (tertiary/aromatic N) is 1. The third-order valence-corrected chi connectivity index (χ3v) is 3.59. The lowest BCUT2D eigenvalue weighted by molar-refractivity contribution is 0.104. The van der Waals surface area contributed by atoms with Crippen molar-refractivity contribution in [3.05, 3.63) is 52.8 Å². The van der Waals surface area contributed by atoms with Gasteiger partial charge in [0.2, 0.25) is 0 Å². The first-order valence-corrected chi connectivity index (χ1v) is 6.59. The Kier molecular flexibility index (Phi) is 3.27. The molecule has 0 aliphatic rings. The SMILES string of the molecule is COc1ccc(N)c(C(=O)c2c[nH]c3nccc(Cl)c23)c1. The highest BCUT2D eigenvalue weighted by molar-refractivity contribution is 6.37. The first kappa shape index (κ1) is 13.5. The van der Waals surface area contributed by atoms with Crippen LogP contribution in [0, 0.1) is 0 Å². The van der Waals surface area contributed by atoms with Crippen molar-refractivity contribution in [1.82, 2.24) is 9.97 Å². The first-order valence-electron chi connectivity index (χ1n) is 6.21. The molecule has 2 aromatic heterocycles. The molecule has 0 amide bonds. The molecule has 6 heteroatoms. The molecule has 1 aromatic carbocycles. The number of ether oxygens (including phenoxy) is 1. The predicted octanol–water partition coefficient (Wildman–Crippen LogP) is 3.04. The van der Waals surface area contributed by atoms with Crippen LogP contribution in [0.2, 0.25) is 5.02 Å². The van der Waals surface area contributed by atoms with E-state index in [4.69, 9.17) is 22.1 Å². The van der Waals surface area contributed by atoms with Gasteiger partial charge < -0.3 is 15.5 Å². The molecule has 0 saturated heterocycles. The Morgan fingerprint density at radius 2 is 2.14 bits per heavy atom. The maximum Gasteiger partial charge on any atom is 0.197 e. The first-order chi connectivity index (χ1) is 10.1. The second kappa shape index (κ2) is 5.10. The highest BCUT2D eigenvalue weighted by Crippen LogP contribution is 2.29. The van der Waals surface area contributed by atoms with Gasteiger partial charge in [-0.15, -0.1) is 0 Å². The van der Waals surface area contributed by atoms with E-state index in [1.54, 1.807) is 36.7 Å². The van der Waals surface area contributed by atoms with Crippen LogP contribution in [0.3, 0.4) is 0 Å². The second-order valence-corrected chi connectivity index (χ2v) is 4.91. The van der Waals surface area contributed by atoms with Crippen molar-refractivity contribution >= 4 is 34.1 Å². The number of nitrogens with one attached hydrogen (secondary N) is 1. The number of anilines is 1. The van der Waals surface area contributed by atoms with E-state index in [2.05, 4.69) is 9.97 Å². The minimum atomic E-state index is -0.229. The maximum absolute atomic E-state index is 12.7. The quantitative estimate of drug-likeness (QED) is 0.575. The van der Waals surface area contributed by atoms with Gasteiger partial charge in [0.25, 0.3) is 0 Å². The molecule has 0 unspecified atom stereocenters. The number of aromatic amines is 1. The van der Waals surface area contributed by atoms with Crippen LogP contribution in [-0.2, 0) is 0 Å². The molecule has 2 heterocycles. The summed E-state index contributed by atoms with van der Waals surface area (Å²) in [6.45, 7) is 0. The van der Waals surface area contributed by atoms with Gasteiger partial charge >= 0.3 is 0 Å². The van der Waals surface area contributed by atoms with Gasteiger partial charge in [-0.3, -0.25) is 4.79 Å². The molecule has 3 N–H and O–H groups in total. The topological polar surface area (TPSA) is 81.0 Å². The normalized spacial score (nSPS) is 10.8. The number of hydrogen-bond donors (Lipinski definition) is 2. The standard InChI is InChI=1S/C15H12ClN3O2/c1-21-8-2-3-12(17)9(6-8)14(20)10-7-19-15-13(10)11(16)4-5-18-15/h2-7H,17H2,1H3,(H,18,19). The average Bonchev–Trinajstić information content (AvgIpc) is 2.92. The van der Waals surface area contributed by atoms with Gasteiger partial charge in [0.05, 0.1) is 17.7 Å². The number of rotatable bonds is 3. The van der Waals surface area contributed by atoms with Crippen LogP contribution in [0.15, 0.2) is 36.7 Å². The van der Waals surface area contributed by atoms with Crippen LogP contribution >= 0.6 is 11.6 Å². The molecule has 0 atom stereocenters. The largest absolute Gasteiger partial charge is 0.497 e. The van der Waals surface area contributed by atoms with Crippen molar-refractivity contribution in [3.8, 4) is 5.75 Å². The lowest BCUT2D eigenvalue weighted by Gasteiger charge is -2.07. The molecule has 0 saturated carbocycles. The molecule has 0 spiro atoms. The van der Waals surface area contributed by atoms with Gasteiger partial charge in [-0.25, -0.2) is 4.98 Å². The number of hydrogen-bond acceptors (Lipinski definition) is 4. The maximum atomic E-state index is 12.7. The van der Waals surface area contributed by atoms with E-state index >= 15 is 0 Å². The molecule has 3 aromatic rings. The Labute approximate surface area is 125 Å². The fourth-order valence-corrected chi connectivity index (χ4v) is 2.45. The summed E-state index contributed by atoms with van der Waals surface area (Å²) in [5.74, 6) is 0.337. The zero-order chi connectivity index (χ0) is 15.0. The highest BCUT2D eigenvalue weighted by Gasteiger charge is 2.19. The van der Waals surface area contributed by atoms with Crippen LogP contribution in [0.1, 0.15) is 15.9 Å². The number of H-pyrrole nitrogens is 1.